The third kappa shape index (κ3) is 4.96. The van der Waals surface area contributed by atoms with Crippen LogP contribution in [0.15, 0.2) is 64.4 Å². The molecule has 0 atom stereocenters. The fourth-order valence-corrected chi connectivity index (χ4v) is 2.43. The summed E-state index contributed by atoms with van der Waals surface area (Å²) in [6.45, 7) is 3.81. The molecule has 0 unspecified atom stereocenters. The fourth-order valence-electron chi connectivity index (χ4n) is 1.59. The van der Waals surface area contributed by atoms with Crippen molar-refractivity contribution in [1.29, 1.82) is 0 Å². The van der Waals surface area contributed by atoms with Crippen molar-refractivity contribution >= 4 is 35.0 Å². The summed E-state index contributed by atoms with van der Waals surface area (Å²) >= 11 is 7.33. The van der Waals surface area contributed by atoms with Gasteiger partial charge in [0.25, 0.3) is 5.91 Å². The predicted octanol–water partition coefficient (Wildman–Crippen LogP) is 5.28. The van der Waals surface area contributed by atoms with E-state index in [1.165, 1.54) is 17.3 Å². The van der Waals surface area contributed by atoms with Gasteiger partial charge in [0, 0.05) is 21.2 Å². The summed E-state index contributed by atoms with van der Waals surface area (Å²) in [6.07, 6.45) is 0. The Balaban J connectivity index is 1.96. The number of thioether (sulfide) groups is 1. The van der Waals surface area contributed by atoms with E-state index in [9.17, 15) is 4.79 Å². The molecule has 2 nitrogen and oxygen atoms in total. The SMILES string of the molecule is CC(=CSc1ccc(Cl)cc1)C(=O)Nc1ccc(C)cc1. The van der Waals surface area contributed by atoms with E-state index in [0.29, 0.717) is 10.6 Å². The van der Waals surface area contributed by atoms with Crippen molar-refractivity contribution in [1.82, 2.24) is 0 Å². The average molecular weight is 318 g/mol. The molecule has 1 N–H and O–H groups in total. The third-order valence-corrected chi connectivity index (χ3v) is 4.12. The van der Waals surface area contributed by atoms with Gasteiger partial charge in [-0.3, -0.25) is 4.79 Å². The van der Waals surface area contributed by atoms with Crippen LogP contribution in [0.5, 0.6) is 0 Å². The number of hydrogen-bond donors (Lipinski definition) is 1. The second kappa shape index (κ2) is 7.34. The molecule has 0 aliphatic rings. The number of benzene rings is 2. The highest BCUT2D eigenvalue weighted by atomic mass is 35.5. The standard InChI is InChI=1S/C17H16ClNOS/c1-12-3-7-15(8-4-12)19-17(20)13(2)11-21-16-9-5-14(18)6-10-16/h3-11H,1-2H3,(H,19,20). The van der Waals surface area contributed by atoms with E-state index in [-0.39, 0.29) is 5.91 Å². The summed E-state index contributed by atoms with van der Waals surface area (Å²) in [4.78, 5) is 13.1. The summed E-state index contributed by atoms with van der Waals surface area (Å²) in [5.41, 5.74) is 2.63. The van der Waals surface area contributed by atoms with Crippen LogP contribution in [-0.4, -0.2) is 5.91 Å². The molecule has 0 aromatic heterocycles. The zero-order valence-electron chi connectivity index (χ0n) is 11.9. The Morgan fingerprint density at radius 1 is 1.10 bits per heavy atom. The van der Waals surface area contributed by atoms with Crippen LogP contribution >= 0.6 is 23.4 Å². The highest BCUT2D eigenvalue weighted by molar-refractivity contribution is 8.02. The molecule has 0 saturated heterocycles. The topological polar surface area (TPSA) is 29.1 Å². The Bertz CT molecular complexity index is 647. The van der Waals surface area contributed by atoms with Crippen LogP contribution < -0.4 is 5.32 Å². The molecule has 0 saturated carbocycles. The molecule has 0 aliphatic carbocycles. The van der Waals surface area contributed by atoms with Crippen LogP contribution in [0.1, 0.15) is 12.5 Å². The molecule has 2 aromatic rings. The van der Waals surface area contributed by atoms with E-state index in [0.717, 1.165) is 10.6 Å². The first kappa shape index (κ1) is 15.7. The van der Waals surface area contributed by atoms with Gasteiger partial charge in [-0.15, -0.1) is 0 Å². The second-order valence-electron chi connectivity index (χ2n) is 4.69. The van der Waals surface area contributed by atoms with E-state index in [2.05, 4.69) is 5.32 Å². The summed E-state index contributed by atoms with van der Waals surface area (Å²) in [5.74, 6) is -0.0969. The van der Waals surface area contributed by atoms with Crippen LogP contribution in [0.25, 0.3) is 0 Å². The minimum Gasteiger partial charge on any atom is -0.322 e. The zero-order chi connectivity index (χ0) is 15.2. The summed E-state index contributed by atoms with van der Waals surface area (Å²) in [6, 6.07) is 15.2. The first-order chi connectivity index (χ1) is 10.0. The maximum absolute atomic E-state index is 12.1. The minimum atomic E-state index is -0.0969. The molecule has 108 valence electrons. The quantitative estimate of drug-likeness (QED) is 0.613. The summed E-state index contributed by atoms with van der Waals surface area (Å²) < 4.78 is 0. The summed E-state index contributed by atoms with van der Waals surface area (Å²) in [7, 11) is 0. The minimum absolute atomic E-state index is 0.0969. The smallest absolute Gasteiger partial charge is 0.251 e. The van der Waals surface area contributed by atoms with E-state index in [1.807, 2.05) is 60.9 Å². The number of amides is 1. The lowest BCUT2D eigenvalue weighted by atomic mass is 10.2. The number of anilines is 1. The van der Waals surface area contributed by atoms with Gasteiger partial charge in [-0.25, -0.2) is 0 Å². The van der Waals surface area contributed by atoms with Gasteiger partial charge in [-0.2, -0.15) is 0 Å². The van der Waals surface area contributed by atoms with E-state index >= 15 is 0 Å². The van der Waals surface area contributed by atoms with Crippen molar-refractivity contribution in [3.63, 3.8) is 0 Å². The Kier molecular flexibility index (Phi) is 5.48. The van der Waals surface area contributed by atoms with Crippen molar-refractivity contribution in [2.75, 3.05) is 5.32 Å². The number of carbonyl (C=O) groups excluding carboxylic acids is 1. The van der Waals surface area contributed by atoms with Gasteiger partial charge in [-0.05, 0) is 55.7 Å². The van der Waals surface area contributed by atoms with Gasteiger partial charge in [0.05, 0.1) is 0 Å². The van der Waals surface area contributed by atoms with Crippen LogP contribution in [0.2, 0.25) is 5.02 Å². The van der Waals surface area contributed by atoms with Crippen molar-refractivity contribution in [2.24, 2.45) is 0 Å². The first-order valence-electron chi connectivity index (χ1n) is 6.51. The normalized spacial score (nSPS) is 11.3. The lowest BCUT2D eigenvalue weighted by Crippen LogP contribution is -2.12. The maximum atomic E-state index is 12.1. The van der Waals surface area contributed by atoms with Crippen molar-refractivity contribution in [3.05, 3.63) is 70.1 Å². The van der Waals surface area contributed by atoms with E-state index < -0.39 is 0 Å². The number of carbonyl (C=O) groups is 1. The number of hydrogen-bond acceptors (Lipinski definition) is 2. The van der Waals surface area contributed by atoms with Crippen molar-refractivity contribution in [2.45, 2.75) is 18.7 Å². The van der Waals surface area contributed by atoms with Crippen LogP contribution in [0, 0.1) is 6.92 Å². The lowest BCUT2D eigenvalue weighted by Gasteiger charge is -2.06. The predicted molar refractivity (Wildman–Crippen MR) is 90.9 cm³/mol. The summed E-state index contributed by atoms with van der Waals surface area (Å²) in [5, 5.41) is 5.42. The molecule has 0 fully saturated rings. The Labute approximate surface area is 134 Å². The zero-order valence-corrected chi connectivity index (χ0v) is 13.5. The monoisotopic (exact) mass is 317 g/mol. The lowest BCUT2D eigenvalue weighted by molar-refractivity contribution is -0.112. The van der Waals surface area contributed by atoms with Gasteiger partial charge in [0.2, 0.25) is 0 Å². The Morgan fingerprint density at radius 3 is 2.33 bits per heavy atom. The molecule has 0 aliphatic heterocycles. The van der Waals surface area contributed by atoms with Gasteiger partial charge >= 0.3 is 0 Å². The Morgan fingerprint density at radius 2 is 1.71 bits per heavy atom. The largest absolute Gasteiger partial charge is 0.322 e. The van der Waals surface area contributed by atoms with Crippen molar-refractivity contribution < 1.29 is 4.79 Å². The van der Waals surface area contributed by atoms with E-state index in [1.54, 1.807) is 6.92 Å². The van der Waals surface area contributed by atoms with Crippen molar-refractivity contribution in [3.8, 4) is 0 Å². The van der Waals surface area contributed by atoms with Gasteiger partial charge < -0.3 is 5.32 Å². The first-order valence-corrected chi connectivity index (χ1v) is 7.77. The molecule has 21 heavy (non-hydrogen) atoms. The molecule has 0 bridgehead atoms. The third-order valence-electron chi connectivity index (χ3n) is 2.85. The number of rotatable bonds is 4. The van der Waals surface area contributed by atoms with Gasteiger partial charge in [0.1, 0.15) is 0 Å². The molecule has 0 spiro atoms. The highest BCUT2D eigenvalue weighted by Gasteiger charge is 2.04. The number of nitrogens with one attached hydrogen (secondary N) is 1. The number of halogens is 1. The average Bonchev–Trinajstić information content (AvgIpc) is 2.48. The molecule has 4 heteroatoms. The van der Waals surface area contributed by atoms with E-state index in [4.69, 9.17) is 11.6 Å². The fraction of sp³-hybridized carbons (Fsp3) is 0.118. The Hall–Kier alpha value is -1.71. The van der Waals surface area contributed by atoms with Gasteiger partial charge in [0.15, 0.2) is 0 Å². The molecule has 2 aromatic carbocycles. The van der Waals surface area contributed by atoms with Crippen LogP contribution in [0.3, 0.4) is 0 Å². The molecule has 0 heterocycles. The molecular weight excluding hydrogens is 302 g/mol. The molecular formula is C17H16ClNOS. The maximum Gasteiger partial charge on any atom is 0.251 e. The number of aryl methyl sites for hydroxylation is 1. The second-order valence-corrected chi connectivity index (χ2v) is 6.07. The molecule has 1 amide bonds. The van der Waals surface area contributed by atoms with Gasteiger partial charge in [-0.1, -0.05) is 41.1 Å². The molecule has 2 rings (SSSR count). The highest BCUT2D eigenvalue weighted by Crippen LogP contribution is 2.23. The van der Waals surface area contributed by atoms with Crippen LogP contribution in [-0.2, 0) is 4.79 Å². The van der Waals surface area contributed by atoms with Crippen LogP contribution in [0.4, 0.5) is 5.69 Å². The molecule has 0 radical (unpaired) electrons.